The van der Waals surface area contributed by atoms with Crippen molar-refractivity contribution in [1.82, 2.24) is 0 Å². The lowest BCUT2D eigenvalue weighted by Gasteiger charge is -2.06. The van der Waals surface area contributed by atoms with Crippen LogP contribution < -0.4 is 0 Å². The van der Waals surface area contributed by atoms with Crippen molar-refractivity contribution in [3.63, 3.8) is 0 Å². The molecule has 4 heteroatoms. The van der Waals surface area contributed by atoms with E-state index >= 15 is 0 Å². The fourth-order valence-electron chi connectivity index (χ4n) is 1.26. The third-order valence-electron chi connectivity index (χ3n) is 2.00. The van der Waals surface area contributed by atoms with Gasteiger partial charge in [-0.2, -0.15) is 0 Å². The zero-order valence-corrected chi connectivity index (χ0v) is 9.67. The highest BCUT2D eigenvalue weighted by Gasteiger charge is 2.13. The highest BCUT2D eigenvalue weighted by Crippen LogP contribution is 2.28. The third kappa shape index (κ3) is 2.93. The second-order valence-corrected chi connectivity index (χ2v) is 3.87. The Balaban J connectivity index is 3.18. The van der Waals surface area contributed by atoms with Gasteiger partial charge in [-0.15, -0.1) is 11.6 Å². The van der Waals surface area contributed by atoms with Crippen molar-refractivity contribution >= 4 is 28.8 Å². The summed E-state index contributed by atoms with van der Waals surface area (Å²) < 4.78 is 26.4. The topological polar surface area (TPSA) is 0 Å². The second-order valence-electron chi connectivity index (χ2n) is 3.08. The van der Waals surface area contributed by atoms with Crippen molar-refractivity contribution in [2.45, 2.75) is 13.3 Å². The molecule has 1 rings (SSSR count). The molecule has 0 radical (unpaired) electrons. The smallest absolute Gasteiger partial charge is 0.167 e. The first-order valence-corrected chi connectivity index (χ1v) is 5.35. The Morgan fingerprint density at radius 1 is 1.40 bits per heavy atom. The normalized spacial score (nSPS) is 11.9. The monoisotopic (exact) mass is 250 g/mol. The van der Waals surface area contributed by atoms with Gasteiger partial charge in [-0.1, -0.05) is 17.7 Å². The third-order valence-corrected chi connectivity index (χ3v) is 2.53. The summed E-state index contributed by atoms with van der Waals surface area (Å²) >= 11 is 11.3. The molecule has 0 unspecified atom stereocenters. The maximum absolute atomic E-state index is 13.4. The minimum Gasteiger partial charge on any atom is -0.204 e. The van der Waals surface area contributed by atoms with E-state index < -0.39 is 11.6 Å². The number of hydrogen-bond donors (Lipinski definition) is 0. The molecular weight excluding hydrogens is 241 g/mol. The van der Waals surface area contributed by atoms with Crippen LogP contribution in [0.2, 0.25) is 5.02 Å². The molecule has 1 aromatic rings. The quantitative estimate of drug-likeness (QED) is 0.541. The van der Waals surface area contributed by atoms with Crippen molar-refractivity contribution in [3.8, 4) is 0 Å². The molecule has 0 N–H and O–H groups in total. The highest BCUT2D eigenvalue weighted by atomic mass is 35.5. The van der Waals surface area contributed by atoms with Crippen LogP contribution in [0.5, 0.6) is 0 Å². The second kappa shape index (κ2) is 5.47. The Morgan fingerprint density at radius 3 is 2.67 bits per heavy atom. The van der Waals surface area contributed by atoms with Gasteiger partial charge in [-0.25, -0.2) is 8.78 Å². The lowest BCUT2D eigenvalue weighted by Crippen LogP contribution is -1.93. The molecule has 0 bridgehead atoms. The molecule has 82 valence electrons. The average Bonchev–Trinajstić information content (AvgIpc) is 2.21. The zero-order chi connectivity index (χ0) is 11.4. The van der Waals surface area contributed by atoms with Crippen LogP contribution in [0.1, 0.15) is 18.9 Å². The molecule has 0 heterocycles. The maximum atomic E-state index is 13.4. The minimum atomic E-state index is -0.911. The lowest BCUT2D eigenvalue weighted by molar-refractivity contribution is 0.506. The van der Waals surface area contributed by atoms with E-state index in [-0.39, 0.29) is 10.6 Å². The zero-order valence-electron chi connectivity index (χ0n) is 8.16. The van der Waals surface area contributed by atoms with Gasteiger partial charge in [-0.3, -0.25) is 0 Å². The van der Waals surface area contributed by atoms with E-state index in [4.69, 9.17) is 23.2 Å². The van der Waals surface area contributed by atoms with E-state index in [2.05, 4.69) is 0 Å². The number of rotatable bonds is 3. The van der Waals surface area contributed by atoms with Crippen molar-refractivity contribution < 1.29 is 8.78 Å². The molecule has 0 nitrogen and oxygen atoms in total. The van der Waals surface area contributed by atoms with Crippen molar-refractivity contribution in [2.75, 3.05) is 5.88 Å². The Kier molecular flexibility index (Phi) is 4.55. The standard InChI is InChI=1S/C11H10Cl2F2/c1-7(3-2-6-12)10-8(13)4-5-9(14)11(10)15/h3-5H,2,6H2,1H3/b7-3-. The Bertz CT molecular complexity index is 386. The van der Waals surface area contributed by atoms with Gasteiger partial charge in [-0.05, 0) is 31.1 Å². The molecule has 0 aliphatic rings. The molecule has 0 fully saturated rings. The van der Waals surface area contributed by atoms with E-state index in [9.17, 15) is 8.78 Å². The first-order valence-electron chi connectivity index (χ1n) is 4.44. The Morgan fingerprint density at radius 2 is 2.07 bits per heavy atom. The van der Waals surface area contributed by atoms with Gasteiger partial charge in [0.05, 0.1) is 5.02 Å². The lowest BCUT2D eigenvalue weighted by atomic mass is 10.1. The summed E-state index contributed by atoms with van der Waals surface area (Å²) in [5.41, 5.74) is 0.708. The highest BCUT2D eigenvalue weighted by molar-refractivity contribution is 6.32. The number of benzene rings is 1. The van der Waals surface area contributed by atoms with Gasteiger partial charge in [0.25, 0.3) is 0 Å². The summed E-state index contributed by atoms with van der Waals surface area (Å²) in [5, 5.41) is 0.206. The first-order chi connectivity index (χ1) is 7.07. The largest absolute Gasteiger partial charge is 0.204 e. The average molecular weight is 251 g/mol. The van der Waals surface area contributed by atoms with E-state index in [1.165, 1.54) is 6.07 Å². The van der Waals surface area contributed by atoms with Gasteiger partial charge in [0.1, 0.15) is 0 Å². The summed E-state index contributed by atoms with van der Waals surface area (Å²) in [4.78, 5) is 0. The van der Waals surface area contributed by atoms with Crippen LogP contribution in [-0.4, -0.2) is 5.88 Å². The molecule has 0 aromatic heterocycles. The Hall–Kier alpha value is -0.600. The summed E-state index contributed by atoms with van der Waals surface area (Å²) in [6, 6.07) is 2.35. The molecule has 0 atom stereocenters. The first kappa shape index (κ1) is 12.5. The van der Waals surface area contributed by atoms with Gasteiger partial charge in [0.2, 0.25) is 0 Å². The molecule has 0 saturated carbocycles. The fourth-order valence-corrected chi connectivity index (χ4v) is 1.67. The molecule has 0 spiro atoms. The fraction of sp³-hybridized carbons (Fsp3) is 0.273. The predicted molar refractivity (Wildman–Crippen MR) is 60.4 cm³/mol. The Labute approximate surface area is 97.5 Å². The van der Waals surface area contributed by atoms with Crippen LogP contribution in [0.15, 0.2) is 18.2 Å². The summed E-state index contributed by atoms with van der Waals surface area (Å²) in [7, 11) is 0. The number of allylic oxidation sites excluding steroid dienone is 2. The van der Waals surface area contributed by atoms with Crippen LogP contribution in [0.4, 0.5) is 8.78 Å². The van der Waals surface area contributed by atoms with Crippen molar-refractivity contribution in [1.29, 1.82) is 0 Å². The van der Waals surface area contributed by atoms with Gasteiger partial charge in [0.15, 0.2) is 11.6 Å². The van der Waals surface area contributed by atoms with Crippen LogP contribution in [0, 0.1) is 11.6 Å². The van der Waals surface area contributed by atoms with Crippen LogP contribution >= 0.6 is 23.2 Å². The van der Waals surface area contributed by atoms with Crippen molar-refractivity contribution in [3.05, 3.63) is 40.4 Å². The number of hydrogen-bond acceptors (Lipinski definition) is 0. The number of halogens is 4. The van der Waals surface area contributed by atoms with Gasteiger partial charge in [0, 0.05) is 11.4 Å². The van der Waals surface area contributed by atoms with Crippen molar-refractivity contribution in [2.24, 2.45) is 0 Å². The molecule has 0 aliphatic carbocycles. The SMILES string of the molecule is C/C(=C/CCCl)c1c(Cl)ccc(F)c1F. The molecule has 0 saturated heterocycles. The van der Waals surface area contributed by atoms with Crippen LogP contribution in [0.25, 0.3) is 5.57 Å². The molecule has 0 aliphatic heterocycles. The van der Waals surface area contributed by atoms with E-state index in [1.807, 2.05) is 0 Å². The summed E-state index contributed by atoms with van der Waals surface area (Å²) in [6.07, 6.45) is 2.33. The van der Waals surface area contributed by atoms with E-state index in [0.717, 1.165) is 6.07 Å². The van der Waals surface area contributed by atoms with E-state index in [0.29, 0.717) is 17.9 Å². The van der Waals surface area contributed by atoms with Crippen LogP contribution in [0.3, 0.4) is 0 Å². The minimum absolute atomic E-state index is 0.113. The summed E-state index contributed by atoms with van der Waals surface area (Å²) in [6.45, 7) is 1.68. The molecule has 1 aromatic carbocycles. The summed E-state index contributed by atoms with van der Waals surface area (Å²) in [5.74, 6) is -1.37. The molecule has 15 heavy (non-hydrogen) atoms. The number of alkyl halides is 1. The maximum Gasteiger partial charge on any atom is 0.167 e. The van der Waals surface area contributed by atoms with Gasteiger partial charge >= 0.3 is 0 Å². The predicted octanol–water partition coefficient (Wildman–Crippen LogP) is 4.65. The molecule has 0 amide bonds. The van der Waals surface area contributed by atoms with Crippen LogP contribution in [-0.2, 0) is 0 Å². The molecular formula is C11H10Cl2F2. The van der Waals surface area contributed by atoms with E-state index in [1.54, 1.807) is 13.0 Å². The van der Waals surface area contributed by atoms with Gasteiger partial charge < -0.3 is 0 Å².